The molecule has 15 heteroatoms. The molecule has 0 heterocycles. The second-order valence-electron chi connectivity index (χ2n) is 9.66. The summed E-state index contributed by atoms with van der Waals surface area (Å²) in [5.74, 6) is -0.785. The summed E-state index contributed by atoms with van der Waals surface area (Å²) in [6.07, 6.45) is 1.18. The zero-order valence-electron chi connectivity index (χ0n) is 25.0. The summed E-state index contributed by atoms with van der Waals surface area (Å²) in [5, 5.41) is 2.59. The van der Waals surface area contributed by atoms with Gasteiger partial charge in [-0.3, -0.25) is 23.5 Å². The molecule has 3 atom stereocenters. The molecule has 2 rings (SSSR count). The van der Waals surface area contributed by atoms with Crippen LogP contribution in [0.2, 0.25) is 0 Å². The third-order valence-electron chi connectivity index (χ3n) is 5.85. The highest BCUT2D eigenvalue weighted by Gasteiger charge is 2.32. The second kappa shape index (κ2) is 20.3. The zero-order chi connectivity index (χ0) is 33.2. The van der Waals surface area contributed by atoms with Gasteiger partial charge in [0.1, 0.15) is 13.2 Å². The van der Waals surface area contributed by atoms with Gasteiger partial charge in [0, 0.05) is 12.7 Å². The Labute approximate surface area is 263 Å². The molecule has 0 radical (unpaired) electrons. The van der Waals surface area contributed by atoms with Crippen molar-refractivity contribution in [3.05, 3.63) is 71.8 Å². The van der Waals surface area contributed by atoms with Crippen LogP contribution in [0.4, 0.5) is 0 Å². The minimum Gasteiger partial charge on any atom is -0.460 e. The van der Waals surface area contributed by atoms with E-state index in [1.807, 2.05) is 60.7 Å². The van der Waals surface area contributed by atoms with Crippen LogP contribution in [0.5, 0.6) is 0 Å². The molecule has 0 aromatic heterocycles. The van der Waals surface area contributed by atoms with E-state index in [-0.39, 0.29) is 37.0 Å². The van der Waals surface area contributed by atoms with Crippen LogP contribution >= 0.6 is 11.8 Å². The minimum atomic E-state index is -4.50. The lowest BCUT2D eigenvalue weighted by Crippen LogP contribution is -2.37. The Morgan fingerprint density at radius 3 is 1.73 bits per heavy atom. The minimum absolute atomic E-state index is 0.0388. The number of esters is 1. The van der Waals surface area contributed by atoms with E-state index in [2.05, 4.69) is 5.32 Å². The van der Waals surface area contributed by atoms with Crippen molar-refractivity contribution in [2.45, 2.75) is 70.4 Å². The number of nitrogens with one attached hydrogen (secondary N) is 1. The molecule has 12 nitrogen and oxygen atoms in total. The van der Waals surface area contributed by atoms with Crippen LogP contribution in [-0.2, 0) is 57.1 Å². The summed E-state index contributed by atoms with van der Waals surface area (Å²) < 4.78 is 71.4. The van der Waals surface area contributed by atoms with Gasteiger partial charge in [-0.05, 0) is 30.4 Å². The van der Waals surface area contributed by atoms with Crippen molar-refractivity contribution in [2.75, 3.05) is 12.3 Å². The molecule has 0 aliphatic rings. The van der Waals surface area contributed by atoms with Crippen LogP contribution in [-0.4, -0.2) is 66.1 Å². The Balaban J connectivity index is 0.000000493. The van der Waals surface area contributed by atoms with E-state index < -0.39 is 43.0 Å². The number of amides is 1. The fourth-order valence-electron chi connectivity index (χ4n) is 3.65. The van der Waals surface area contributed by atoms with Crippen molar-refractivity contribution < 1.29 is 49.8 Å². The van der Waals surface area contributed by atoms with Crippen molar-refractivity contribution in [3.63, 3.8) is 0 Å². The number of ether oxygens (including phenoxy) is 2. The first-order chi connectivity index (χ1) is 20.7. The van der Waals surface area contributed by atoms with E-state index in [0.29, 0.717) is 25.0 Å². The van der Waals surface area contributed by atoms with Crippen molar-refractivity contribution >= 4 is 49.0 Å². The first kappa shape index (κ1) is 39.2. The molecular weight excluding hydrogens is 635 g/mol. The Hall–Kier alpha value is -2.82. The molecule has 0 fully saturated rings. The molecule has 2 aromatic carbocycles. The average molecular weight is 676 g/mol. The summed E-state index contributed by atoms with van der Waals surface area (Å²) in [5.41, 5.74) is -1.37. The van der Waals surface area contributed by atoms with Crippen LogP contribution in [0.15, 0.2) is 60.7 Å². The van der Waals surface area contributed by atoms with E-state index in [1.54, 1.807) is 13.8 Å². The molecule has 0 saturated carbocycles. The smallest absolute Gasteiger partial charge is 0.325 e. The Kier molecular flexibility index (Phi) is 18.0. The second-order valence-corrected chi connectivity index (χ2v) is 14.0. The van der Waals surface area contributed by atoms with Gasteiger partial charge in [-0.2, -0.15) is 16.8 Å². The number of hydrogen-bond acceptors (Lipinski definition) is 10. The van der Waals surface area contributed by atoms with Gasteiger partial charge in [-0.15, -0.1) is 0 Å². The van der Waals surface area contributed by atoms with Crippen LogP contribution in [0.25, 0.3) is 0 Å². The van der Waals surface area contributed by atoms with Gasteiger partial charge in [-0.1, -0.05) is 99.1 Å². The van der Waals surface area contributed by atoms with E-state index in [9.17, 15) is 31.2 Å². The third-order valence-corrected chi connectivity index (χ3v) is 8.85. The van der Waals surface area contributed by atoms with E-state index >= 15 is 0 Å². The van der Waals surface area contributed by atoms with E-state index in [0.717, 1.165) is 22.9 Å². The van der Waals surface area contributed by atoms with Crippen molar-refractivity contribution in [3.8, 4) is 0 Å². The lowest BCUT2D eigenvalue weighted by atomic mass is 10.0. The number of rotatable bonds is 17. The van der Waals surface area contributed by atoms with Gasteiger partial charge >= 0.3 is 5.97 Å². The fraction of sp³-hybridized carbons (Fsp3) is 0.483. The third kappa shape index (κ3) is 16.9. The SMILES string of the molecule is CC(=O)SCC(Cc1ccccc1)C(=O)NCC(=O)OCc1ccccc1.CCCC(OC(CCC)S(=O)(=O)O)S(=O)(=O)O. The molecule has 2 aromatic rings. The molecule has 3 unspecified atom stereocenters. The maximum Gasteiger partial charge on any atom is 0.325 e. The summed E-state index contributed by atoms with van der Waals surface area (Å²) in [6.45, 7) is 4.77. The first-order valence-electron chi connectivity index (χ1n) is 13.9. The van der Waals surface area contributed by atoms with Crippen molar-refractivity contribution in [1.82, 2.24) is 5.32 Å². The molecule has 0 bridgehead atoms. The van der Waals surface area contributed by atoms with Gasteiger partial charge in [-0.25, -0.2) is 0 Å². The molecule has 246 valence electrons. The van der Waals surface area contributed by atoms with Gasteiger partial charge < -0.3 is 14.8 Å². The monoisotopic (exact) mass is 675 g/mol. The molecular formula is C29H41NO11S3. The van der Waals surface area contributed by atoms with Gasteiger partial charge in [0.05, 0.1) is 5.92 Å². The summed E-state index contributed by atoms with van der Waals surface area (Å²) in [7, 11) is -9.00. The molecule has 44 heavy (non-hydrogen) atoms. The summed E-state index contributed by atoms with van der Waals surface area (Å²) >= 11 is 1.11. The number of carbonyl (C=O) groups excluding carboxylic acids is 3. The highest BCUT2D eigenvalue weighted by molar-refractivity contribution is 8.13. The summed E-state index contributed by atoms with van der Waals surface area (Å²) in [6, 6.07) is 18.9. The maximum absolute atomic E-state index is 12.5. The van der Waals surface area contributed by atoms with Crippen LogP contribution in [0, 0.1) is 5.92 Å². The van der Waals surface area contributed by atoms with Gasteiger partial charge in [0.25, 0.3) is 20.2 Å². The Bertz CT molecular complexity index is 1330. The Morgan fingerprint density at radius 1 is 0.818 bits per heavy atom. The maximum atomic E-state index is 12.5. The van der Waals surface area contributed by atoms with Crippen LogP contribution in [0.1, 0.15) is 57.6 Å². The molecule has 0 saturated heterocycles. The number of benzene rings is 2. The normalized spacial score (nSPS) is 13.5. The molecule has 1 amide bonds. The highest BCUT2D eigenvalue weighted by atomic mass is 32.2. The summed E-state index contributed by atoms with van der Waals surface area (Å²) in [4.78, 5) is 35.6. The first-order valence-corrected chi connectivity index (χ1v) is 17.9. The molecule has 0 aliphatic carbocycles. The van der Waals surface area contributed by atoms with Crippen molar-refractivity contribution in [2.24, 2.45) is 5.92 Å². The fourth-order valence-corrected chi connectivity index (χ4v) is 6.04. The highest BCUT2D eigenvalue weighted by Crippen LogP contribution is 2.18. The molecule has 3 N–H and O–H groups in total. The quantitative estimate of drug-likeness (QED) is 0.162. The number of carbonyl (C=O) groups is 3. The predicted molar refractivity (Wildman–Crippen MR) is 168 cm³/mol. The zero-order valence-corrected chi connectivity index (χ0v) is 27.4. The van der Waals surface area contributed by atoms with Gasteiger partial charge in [0.15, 0.2) is 16.0 Å². The predicted octanol–water partition coefficient (Wildman–Crippen LogP) is 4.02. The number of thioether (sulfide) groups is 1. The van der Waals surface area contributed by atoms with E-state index in [4.69, 9.17) is 18.6 Å². The molecule has 0 aliphatic heterocycles. The van der Waals surface area contributed by atoms with Crippen molar-refractivity contribution in [1.29, 1.82) is 0 Å². The van der Waals surface area contributed by atoms with Gasteiger partial charge in [0.2, 0.25) is 5.91 Å². The largest absolute Gasteiger partial charge is 0.460 e. The topological polar surface area (TPSA) is 190 Å². The Morgan fingerprint density at radius 2 is 1.30 bits per heavy atom. The standard InChI is InChI=1S/C21H23NO4S.C8H18O7S2/c1-16(23)27-15-19(12-17-8-4-2-5-9-17)21(25)22-13-20(24)26-14-18-10-6-3-7-11-18;1-3-5-7(16(9,10)11)15-8(6-4-2)17(12,13)14/h2-11,19H,12-15H2,1H3,(H,22,25);7-8H,3-6H2,1-2H3,(H,9,10,11)(H,12,13,14). The average Bonchev–Trinajstić information content (AvgIpc) is 2.96. The van der Waals surface area contributed by atoms with Crippen LogP contribution in [0.3, 0.4) is 0 Å². The molecule has 0 spiro atoms. The number of hydrogen-bond donors (Lipinski definition) is 3. The lowest BCUT2D eigenvalue weighted by Gasteiger charge is -2.20. The lowest BCUT2D eigenvalue weighted by molar-refractivity contribution is -0.145. The van der Waals surface area contributed by atoms with Crippen LogP contribution < -0.4 is 5.32 Å². The van der Waals surface area contributed by atoms with E-state index in [1.165, 1.54) is 6.92 Å².